The highest BCUT2D eigenvalue weighted by Crippen LogP contribution is 2.39. The number of rotatable bonds is 5. The summed E-state index contributed by atoms with van der Waals surface area (Å²) in [6, 6.07) is 7.08. The smallest absolute Gasteiger partial charge is 0.00147 e. The quantitative estimate of drug-likeness (QED) is 0.767. The molecule has 100 valence electrons. The van der Waals surface area contributed by atoms with Crippen molar-refractivity contribution in [1.29, 1.82) is 0 Å². The summed E-state index contributed by atoms with van der Waals surface area (Å²) in [6.07, 6.45) is 5.41. The van der Waals surface area contributed by atoms with E-state index in [1.165, 1.54) is 43.4 Å². The van der Waals surface area contributed by atoms with Gasteiger partial charge in [-0.05, 0) is 63.6 Å². The molecule has 1 aromatic carbocycles. The van der Waals surface area contributed by atoms with Crippen molar-refractivity contribution in [2.45, 2.75) is 52.4 Å². The van der Waals surface area contributed by atoms with Crippen molar-refractivity contribution in [2.75, 3.05) is 13.1 Å². The van der Waals surface area contributed by atoms with Crippen molar-refractivity contribution >= 4 is 0 Å². The van der Waals surface area contributed by atoms with Gasteiger partial charge < -0.3 is 5.32 Å². The van der Waals surface area contributed by atoms with Gasteiger partial charge in [-0.15, -0.1) is 0 Å². The lowest BCUT2D eigenvalue weighted by Crippen LogP contribution is -2.25. The van der Waals surface area contributed by atoms with Crippen LogP contribution in [0.5, 0.6) is 0 Å². The van der Waals surface area contributed by atoms with Crippen molar-refractivity contribution in [2.24, 2.45) is 5.92 Å². The fourth-order valence-corrected chi connectivity index (χ4v) is 3.41. The third-order valence-corrected chi connectivity index (χ3v) is 4.16. The van der Waals surface area contributed by atoms with Crippen LogP contribution in [-0.4, -0.2) is 13.1 Å². The van der Waals surface area contributed by atoms with E-state index in [2.05, 4.69) is 44.3 Å². The van der Waals surface area contributed by atoms with Gasteiger partial charge in [0.25, 0.3) is 0 Å². The van der Waals surface area contributed by atoms with E-state index in [-0.39, 0.29) is 0 Å². The Labute approximate surface area is 112 Å². The van der Waals surface area contributed by atoms with Gasteiger partial charge in [-0.25, -0.2) is 0 Å². The van der Waals surface area contributed by atoms with Crippen molar-refractivity contribution in [3.05, 3.63) is 34.9 Å². The zero-order chi connectivity index (χ0) is 13.0. The summed E-state index contributed by atoms with van der Waals surface area (Å²) in [6.45, 7) is 9.04. The van der Waals surface area contributed by atoms with Gasteiger partial charge in [0.05, 0.1) is 0 Å². The molecule has 0 saturated heterocycles. The fourth-order valence-electron chi connectivity index (χ4n) is 3.41. The first kappa shape index (κ1) is 13.6. The van der Waals surface area contributed by atoms with Crippen molar-refractivity contribution in [3.63, 3.8) is 0 Å². The Balaban J connectivity index is 2.05. The highest BCUT2D eigenvalue weighted by atomic mass is 14.9. The van der Waals surface area contributed by atoms with Gasteiger partial charge >= 0.3 is 0 Å². The first-order valence-corrected chi connectivity index (χ1v) is 7.49. The summed E-state index contributed by atoms with van der Waals surface area (Å²) < 4.78 is 0. The molecule has 2 unspecified atom stereocenters. The van der Waals surface area contributed by atoms with E-state index >= 15 is 0 Å². The van der Waals surface area contributed by atoms with Crippen LogP contribution in [0, 0.1) is 19.8 Å². The van der Waals surface area contributed by atoms with E-state index in [1.807, 2.05) is 0 Å². The molecule has 1 aliphatic rings. The Hall–Kier alpha value is -0.820. The van der Waals surface area contributed by atoms with E-state index in [9.17, 15) is 0 Å². The first-order chi connectivity index (χ1) is 8.70. The average Bonchev–Trinajstić information content (AvgIpc) is 2.76. The van der Waals surface area contributed by atoms with Crippen LogP contribution < -0.4 is 5.32 Å². The third kappa shape index (κ3) is 3.35. The molecule has 0 aliphatic heterocycles. The van der Waals surface area contributed by atoms with Crippen LogP contribution in [0.2, 0.25) is 0 Å². The third-order valence-electron chi connectivity index (χ3n) is 4.16. The fraction of sp³-hybridized carbons (Fsp3) is 0.647. The predicted molar refractivity (Wildman–Crippen MR) is 79.2 cm³/mol. The van der Waals surface area contributed by atoms with Crippen LogP contribution in [-0.2, 0) is 0 Å². The Kier molecular flexibility index (Phi) is 4.82. The second kappa shape index (κ2) is 6.38. The highest BCUT2D eigenvalue weighted by molar-refractivity contribution is 5.32. The van der Waals surface area contributed by atoms with Crippen molar-refractivity contribution < 1.29 is 0 Å². The molecule has 0 radical (unpaired) electrons. The van der Waals surface area contributed by atoms with Gasteiger partial charge in [0, 0.05) is 0 Å². The second-order valence-electron chi connectivity index (χ2n) is 5.92. The minimum Gasteiger partial charge on any atom is -0.316 e. The van der Waals surface area contributed by atoms with E-state index in [1.54, 1.807) is 5.56 Å². The van der Waals surface area contributed by atoms with Crippen LogP contribution in [0.25, 0.3) is 0 Å². The Morgan fingerprint density at radius 1 is 1.11 bits per heavy atom. The second-order valence-corrected chi connectivity index (χ2v) is 5.92. The zero-order valence-electron chi connectivity index (χ0n) is 12.1. The van der Waals surface area contributed by atoms with Gasteiger partial charge in [-0.3, -0.25) is 0 Å². The monoisotopic (exact) mass is 245 g/mol. The highest BCUT2D eigenvalue weighted by Gasteiger charge is 2.28. The molecule has 0 aromatic heterocycles. The minimum atomic E-state index is 0.785. The molecule has 0 amide bonds. The topological polar surface area (TPSA) is 12.0 Å². The van der Waals surface area contributed by atoms with Crippen LogP contribution in [0.1, 0.15) is 55.2 Å². The van der Waals surface area contributed by atoms with Crippen molar-refractivity contribution in [3.8, 4) is 0 Å². The maximum atomic E-state index is 3.61. The number of nitrogens with one attached hydrogen (secondary N) is 1. The molecular weight excluding hydrogens is 218 g/mol. The largest absolute Gasteiger partial charge is 0.316 e. The molecule has 2 atom stereocenters. The zero-order valence-corrected chi connectivity index (χ0v) is 12.1. The predicted octanol–water partition coefficient (Wildman–Crippen LogP) is 4.19. The molecule has 1 saturated carbocycles. The average molecular weight is 245 g/mol. The molecule has 0 bridgehead atoms. The van der Waals surface area contributed by atoms with E-state index < -0.39 is 0 Å². The van der Waals surface area contributed by atoms with E-state index in [4.69, 9.17) is 0 Å². The lowest BCUT2D eigenvalue weighted by Gasteiger charge is -2.21. The van der Waals surface area contributed by atoms with E-state index in [0.29, 0.717) is 0 Å². The lowest BCUT2D eigenvalue weighted by atomic mass is 9.87. The molecule has 1 aromatic rings. The van der Waals surface area contributed by atoms with Gasteiger partial charge in [0.2, 0.25) is 0 Å². The van der Waals surface area contributed by atoms with E-state index in [0.717, 1.165) is 18.4 Å². The molecule has 1 nitrogen and oxygen atoms in total. The van der Waals surface area contributed by atoms with Gasteiger partial charge in [-0.1, -0.05) is 42.7 Å². The minimum absolute atomic E-state index is 0.785. The molecule has 0 spiro atoms. The summed E-state index contributed by atoms with van der Waals surface area (Å²) >= 11 is 0. The molecule has 2 rings (SSSR count). The SMILES string of the molecule is CCCNCC1CCCC1c1cc(C)cc(C)c1. The van der Waals surface area contributed by atoms with Crippen molar-refractivity contribution in [1.82, 2.24) is 5.32 Å². The van der Waals surface area contributed by atoms with Gasteiger partial charge in [0.1, 0.15) is 0 Å². The summed E-state index contributed by atoms with van der Waals surface area (Å²) in [5, 5.41) is 3.61. The molecule has 1 heteroatoms. The first-order valence-electron chi connectivity index (χ1n) is 7.49. The molecule has 1 N–H and O–H groups in total. The summed E-state index contributed by atoms with van der Waals surface area (Å²) in [5.74, 6) is 1.63. The Morgan fingerprint density at radius 2 is 1.83 bits per heavy atom. The van der Waals surface area contributed by atoms with Gasteiger partial charge in [0.15, 0.2) is 0 Å². The normalized spacial score (nSPS) is 23.5. The number of hydrogen-bond donors (Lipinski definition) is 1. The standard InChI is InChI=1S/C17H27N/c1-4-8-18-12-15-6-5-7-17(15)16-10-13(2)9-14(3)11-16/h9-11,15,17-18H,4-8,12H2,1-3H3. The lowest BCUT2D eigenvalue weighted by molar-refractivity contribution is 0.444. The summed E-state index contributed by atoms with van der Waals surface area (Å²) in [7, 11) is 0. The molecule has 18 heavy (non-hydrogen) atoms. The van der Waals surface area contributed by atoms with Crippen LogP contribution in [0.4, 0.5) is 0 Å². The van der Waals surface area contributed by atoms with Crippen LogP contribution in [0.3, 0.4) is 0 Å². The molecule has 0 heterocycles. The van der Waals surface area contributed by atoms with Crippen LogP contribution >= 0.6 is 0 Å². The van der Waals surface area contributed by atoms with Gasteiger partial charge in [-0.2, -0.15) is 0 Å². The number of benzene rings is 1. The maximum absolute atomic E-state index is 3.61. The maximum Gasteiger partial charge on any atom is -0.00147 e. The molecule has 1 aliphatic carbocycles. The number of aryl methyl sites for hydroxylation is 2. The summed E-state index contributed by atoms with van der Waals surface area (Å²) in [4.78, 5) is 0. The summed E-state index contributed by atoms with van der Waals surface area (Å²) in [5.41, 5.74) is 4.41. The number of hydrogen-bond acceptors (Lipinski definition) is 1. The molecular formula is C17H27N. The molecule has 1 fully saturated rings. The Morgan fingerprint density at radius 3 is 2.50 bits per heavy atom. The van der Waals surface area contributed by atoms with Crippen LogP contribution in [0.15, 0.2) is 18.2 Å². The Bertz CT molecular complexity index is 363.